The van der Waals surface area contributed by atoms with Gasteiger partial charge in [-0.3, -0.25) is 4.79 Å². The second-order valence-corrected chi connectivity index (χ2v) is 5.06. The molecule has 2 heterocycles. The fourth-order valence-corrected chi connectivity index (χ4v) is 2.10. The number of hydrogen-bond acceptors (Lipinski definition) is 6. The lowest BCUT2D eigenvalue weighted by Gasteiger charge is -2.12. The summed E-state index contributed by atoms with van der Waals surface area (Å²) in [5.74, 6) is -0.133. The molecule has 3 rings (SSSR count). The monoisotopic (exact) mass is 297 g/mol. The summed E-state index contributed by atoms with van der Waals surface area (Å²) < 4.78 is 0. The van der Waals surface area contributed by atoms with Gasteiger partial charge in [0.25, 0.3) is 11.9 Å². The second kappa shape index (κ2) is 5.40. The maximum atomic E-state index is 12.4. The molecule has 0 fully saturated rings. The summed E-state index contributed by atoms with van der Waals surface area (Å²) in [6, 6.07) is 7.91. The number of benzene rings is 1. The van der Waals surface area contributed by atoms with Crippen molar-refractivity contribution in [3.05, 3.63) is 35.4 Å². The Morgan fingerprint density at radius 3 is 2.55 bits per heavy atom. The van der Waals surface area contributed by atoms with Crippen molar-refractivity contribution in [2.75, 3.05) is 24.0 Å². The maximum Gasteiger partial charge on any atom is 0.293 e. The molecule has 1 aliphatic rings. The molecule has 0 atom stereocenters. The molecule has 8 nitrogen and oxygen atoms in total. The van der Waals surface area contributed by atoms with E-state index in [2.05, 4.69) is 25.7 Å². The predicted octanol–water partition coefficient (Wildman–Crippen LogP) is 1.07. The normalized spacial score (nSPS) is 16.3. The number of aromatic amines is 1. The summed E-state index contributed by atoms with van der Waals surface area (Å²) in [6.07, 6.45) is 1.81. The minimum atomic E-state index is -0.268. The van der Waals surface area contributed by atoms with Crippen molar-refractivity contribution in [3.63, 3.8) is 0 Å². The number of H-pyrrole nitrogens is 1. The van der Waals surface area contributed by atoms with Crippen LogP contribution in [0, 0.1) is 0 Å². The largest absolute Gasteiger partial charge is 0.378 e. The predicted molar refractivity (Wildman–Crippen MR) is 83.5 cm³/mol. The molecule has 0 unspecified atom stereocenters. The molecule has 1 aromatic carbocycles. The number of tetrazole rings is 1. The minimum absolute atomic E-state index is 0.135. The molecule has 1 N–H and O–H groups in total. The molecule has 0 bridgehead atoms. The lowest BCUT2D eigenvalue weighted by Crippen LogP contribution is -2.22. The van der Waals surface area contributed by atoms with Gasteiger partial charge in [0.15, 0.2) is 0 Å². The molecule has 112 valence electrons. The number of aromatic nitrogens is 4. The molecule has 8 heteroatoms. The van der Waals surface area contributed by atoms with Crippen molar-refractivity contribution in [2.45, 2.75) is 6.92 Å². The van der Waals surface area contributed by atoms with Gasteiger partial charge in [0.1, 0.15) is 0 Å². The van der Waals surface area contributed by atoms with Crippen LogP contribution in [0.15, 0.2) is 34.9 Å². The Hall–Kier alpha value is -3.03. The Labute approximate surface area is 127 Å². The van der Waals surface area contributed by atoms with Gasteiger partial charge in [0.05, 0.1) is 11.3 Å². The van der Waals surface area contributed by atoms with Crippen molar-refractivity contribution in [2.24, 2.45) is 5.10 Å². The van der Waals surface area contributed by atoms with Crippen molar-refractivity contribution >= 4 is 29.3 Å². The van der Waals surface area contributed by atoms with Crippen LogP contribution in [-0.4, -0.2) is 46.3 Å². The van der Waals surface area contributed by atoms with E-state index in [0.29, 0.717) is 11.3 Å². The van der Waals surface area contributed by atoms with Crippen LogP contribution in [0.3, 0.4) is 0 Å². The fraction of sp³-hybridized carbons (Fsp3) is 0.214. The van der Waals surface area contributed by atoms with Gasteiger partial charge in [-0.25, -0.2) is 0 Å². The molecule has 2 aromatic rings. The van der Waals surface area contributed by atoms with E-state index in [-0.39, 0.29) is 11.9 Å². The zero-order valence-electron chi connectivity index (χ0n) is 12.5. The zero-order valence-corrected chi connectivity index (χ0v) is 12.5. The fourth-order valence-electron chi connectivity index (χ4n) is 2.10. The molecule has 0 saturated heterocycles. The topological polar surface area (TPSA) is 90.4 Å². The van der Waals surface area contributed by atoms with Crippen LogP contribution in [0.25, 0.3) is 6.08 Å². The molecule has 1 amide bonds. The number of hydrogen-bond donors (Lipinski definition) is 1. The Morgan fingerprint density at radius 2 is 1.95 bits per heavy atom. The van der Waals surface area contributed by atoms with E-state index in [4.69, 9.17) is 0 Å². The number of nitrogens with zero attached hydrogens (tertiary/aromatic N) is 6. The smallest absolute Gasteiger partial charge is 0.293 e. The van der Waals surface area contributed by atoms with E-state index < -0.39 is 0 Å². The maximum absolute atomic E-state index is 12.4. The third-order valence-electron chi connectivity index (χ3n) is 3.31. The second-order valence-electron chi connectivity index (χ2n) is 5.06. The van der Waals surface area contributed by atoms with E-state index in [1.54, 1.807) is 13.0 Å². The van der Waals surface area contributed by atoms with Gasteiger partial charge in [0.2, 0.25) is 0 Å². The van der Waals surface area contributed by atoms with E-state index in [1.165, 1.54) is 0 Å². The van der Waals surface area contributed by atoms with Crippen LogP contribution < -0.4 is 9.91 Å². The highest BCUT2D eigenvalue weighted by atomic mass is 16.2. The Morgan fingerprint density at radius 1 is 1.23 bits per heavy atom. The lowest BCUT2D eigenvalue weighted by molar-refractivity contribution is -0.114. The number of carbonyl (C=O) groups is 1. The van der Waals surface area contributed by atoms with Crippen molar-refractivity contribution in [1.82, 2.24) is 20.6 Å². The Kier molecular flexibility index (Phi) is 3.42. The number of carbonyl (C=O) groups excluding carboxylic acids is 1. The van der Waals surface area contributed by atoms with Gasteiger partial charge >= 0.3 is 0 Å². The number of anilines is 2. The van der Waals surface area contributed by atoms with Crippen LogP contribution >= 0.6 is 0 Å². The molecule has 0 spiro atoms. The first-order chi connectivity index (χ1) is 10.6. The average molecular weight is 297 g/mol. The zero-order chi connectivity index (χ0) is 15.7. The van der Waals surface area contributed by atoms with Gasteiger partial charge in [-0.15, -0.1) is 5.10 Å². The number of hydrazone groups is 1. The summed E-state index contributed by atoms with van der Waals surface area (Å²) in [4.78, 5) is 14.4. The quantitative estimate of drug-likeness (QED) is 0.856. The van der Waals surface area contributed by atoms with Gasteiger partial charge in [-0.1, -0.05) is 17.2 Å². The molecule has 1 aromatic heterocycles. The minimum Gasteiger partial charge on any atom is -0.378 e. The number of rotatable bonds is 3. The first kappa shape index (κ1) is 13.9. The number of nitrogens with one attached hydrogen (secondary N) is 1. The molecule has 22 heavy (non-hydrogen) atoms. The third kappa shape index (κ3) is 2.46. The summed E-state index contributed by atoms with van der Waals surface area (Å²) >= 11 is 0. The highest BCUT2D eigenvalue weighted by molar-refractivity contribution is 6.31. The summed E-state index contributed by atoms with van der Waals surface area (Å²) in [7, 11) is 3.96. The van der Waals surface area contributed by atoms with Gasteiger partial charge in [-0.2, -0.15) is 15.3 Å². The van der Waals surface area contributed by atoms with Crippen LogP contribution in [0.4, 0.5) is 11.6 Å². The van der Waals surface area contributed by atoms with Crippen molar-refractivity contribution < 1.29 is 4.79 Å². The van der Waals surface area contributed by atoms with Crippen molar-refractivity contribution in [1.29, 1.82) is 0 Å². The molecule has 0 radical (unpaired) electrons. The lowest BCUT2D eigenvalue weighted by atomic mass is 10.1. The van der Waals surface area contributed by atoms with Crippen LogP contribution in [0.2, 0.25) is 0 Å². The third-order valence-corrected chi connectivity index (χ3v) is 3.31. The van der Waals surface area contributed by atoms with Crippen LogP contribution in [0.1, 0.15) is 12.5 Å². The SMILES string of the molecule is CC1=NN(c2nn[nH]n2)C(=O)/C1=C\c1ccc(N(C)C)cc1. The van der Waals surface area contributed by atoms with Gasteiger partial charge in [0, 0.05) is 19.8 Å². The van der Waals surface area contributed by atoms with E-state index in [0.717, 1.165) is 16.3 Å². The highest BCUT2D eigenvalue weighted by Crippen LogP contribution is 2.22. The number of amides is 1. The van der Waals surface area contributed by atoms with E-state index in [9.17, 15) is 4.79 Å². The molecule has 0 saturated carbocycles. The summed E-state index contributed by atoms with van der Waals surface area (Å²) in [5.41, 5.74) is 3.16. The van der Waals surface area contributed by atoms with Gasteiger partial charge in [-0.05, 0) is 35.9 Å². The van der Waals surface area contributed by atoms with Gasteiger partial charge < -0.3 is 4.90 Å². The van der Waals surface area contributed by atoms with E-state index in [1.807, 2.05) is 43.3 Å². The van der Waals surface area contributed by atoms with E-state index >= 15 is 0 Å². The average Bonchev–Trinajstić information content (AvgIpc) is 3.11. The Bertz CT molecular complexity index is 744. The summed E-state index contributed by atoms with van der Waals surface area (Å²) in [5, 5.41) is 18.6. The van der Waals surface area contributed by atoms with Crippen LogP contribution in [0.5, 0.6) is 0 Å². The highest BCUT2D eigenvalue weighted by Gasteiger charge is 2.31. The standard InChI is InChI=1S/C14H15N7O/c1-9-12(8-10-4-6-11(7-5-10)20(2)3)13(22)21(17-9)14-15-18-19-16-14/h4-8H,1-3H3,(H,15,16,18,19)/b12-8-. The first-order valence-corrected chi connectivity index (χ1v) is 6.69. The molecule has 1 aliphatic heterocycles. The molecular weight excluding hydrogens is 282 g/mol. The molecule has 0 aliphatic carbocycles. The van der Waals surface area contributed by atoms with Crippen LogP contribution in [-0.2, 0) is 4.79 Å². The van der Waals surface area contributed by atoms with Crippen molar-refractivity contribution in [3.8, 4) is 0 Å². The first-order valence-electron chi connectivity index (χ1n) is 6.69. The summed E-state index contributed by atoms with van der Waals surface area (Å²) in [6.45, 7) is 1.78. The molecular formula is C14H15N7O. The Balaban J connectivity index is 1.88.